The monoisotopic (exact) mass is 418 g/mol. The number of aromatic nitrogens is 1. The van der Waals surface area contributed by atoms with E-state index in [4.69, 9.17) is 27.9 Å². The molecule has 11 heteroatoms. The lowest BCUT2D eigenvalue weighted by molar-refractivity contribution is -0.286. The summed E-state index contributed by atoms with van der Waals surface area (Å²) in [5.74, 6) is -1.98. The molecule has 0 bridgehead atoms. The lowest BCUT2D eigenvalue weighted by atomic mass is 10.2. The molecule has 27 heavy (non-hydrogen) atoms. The van der Waals surface area contributed by atoms with E-state index in [-0.39, 0.29) is 33.1 Å². The number of hydrogen-bond acceptors (Lipinski definition) is 6. The second-order valence-corrected chi connectivity index (χ2v) is 6.08. The predicted octanol–water partition coefficient (Wildman–Crippen LogP) is 3.89. The number of halogens is 4. The molecule has 7 nitrogen and oxygen atoms in total. The average Bonchev–Trinajstić information content (AvgIpc) is 2.87. The third-order valence-corrected chi connectivity index (χ3v) is 3.86. The maximum atomic E-state index is 13.0. The Morgan fingerprint density at radius 3 is 2.59 bits per heavy atom. The van der Waals surface area contributed by atoms with Crippen molar-refractivity contribution in [2.24, 2.45) is 0 Å². The fraction of sp³-hybridized carbons (Fsp3) is 0.188. The summed E-state index contributed by atoms with van der Waals surface area (Å²) < 4.78 is 39.6. The first-order valence-electron chi connectivity index (χ1n) is 7.38. The number of anilines is 1. The van der Waals surface area contributed by atoms with Gasteiger partial charge in [-0.3, -0.25) is 4.79 Å². The predicted molar refractivity (Wildman–Crippen MR) is 90.4 cm³/mol. The molecule has 142 valence electrons. The van der Waals surface area contributed by atoms with Crippen LogP contribution in [0.1, 0.15) is 17.3 Å². The number of pyridine rings is 1. The fourth-order valence-corrected chi connectivity index (χ4v) is 2.53. The first-order valence-corrected chi connectivity index (χ1v) is 8.14. The van der Waals surface area contributed by atoms with Crippen molar-refractivity contribution >= 4 is 40.8 Å². The van der Waals surface area contributed by atoms with Gasteiger partial charge < -0.3 is 19.5 Å². The number of amides is 1. The Morgan fingerprint density at radius 2 is 1.89 bits per heavy atom. The van der Waals surface area contributed by atoms with Gasteiger partial charge in [-0.25, -0.2) is 9.78 Å². The largest absolute Gasteiger partial charge is 0.586 e. The zero-order chi connectivity index (χ0) is 19.8. The van der Waals surface area contributed by atoms with Crippen LogP contribution in [-0.2, 0) is 9.53 Å². The first-order chi connectivity index (χ1) is 12.6. The molecule has 0 saturated heterocycles. The summed E-state index contributed by atoms with van der Waals surface area (Å²) in [6.45, 7) is 1.33. The molecule has 2 aromatic rings. The van der Waals surface area contributed by atoms with Crippen molar-refractivity contribution in [2.45, 2.75) is 19.3 Å². The number of benzene rings is 1. The minimum atomic E-state index is -3.76. The number of nitrogens with one attached hydrogen (secondary N) is 1. The van der Waals surface area contributed by atoms with Gasteiger partial charge in [-0.2, -0.15) is 0 Å². The molecule has 1 amide bonds. The molecule has 3 rings (SSSR count). The Hall–Kier alpha value is -2.65. The molecule has 0 unspecified atom stereocenters. The van der Waals surface area contributed by atoms with Crippen LogP contribution < -0.4 is 14.8 Å². The summed E-state index contributed by atoms with van der Waals surface area (Å²) in [7, 11) is 0. The number of nitrogens with zero attached hydrogens (tertiary/aromatic N) is 1. The summed E-state index contributed by atoms with van der Waals surface area (Å²) >= 11 is 11.5. The lowest BCUT2D eigenvalue weighted by Crippen LogP contribution is -2.30. The normalized spacial score (nSPS) is 15.1. The van der Waals surface area contributed by atoms with E-state index in [2.05, 4.69) is 19.8 Å². The van der Waals surface area contributed by atoms with E-state index >= 15 is 0 Å². The number of alkyl halides is 2. The minimum Gasteiger partial charge on any atom is -0.449 e. The molecule has 1 aliphatic heterocycles. The smallest absolute Gasteiger partial charge is 0.449 e. The number of carbonyl (C=O) groups is 2. The van der Waals surface area contributed by atoms with Crippen molar-refractivity contribution in [2.75, 3.05) is 5.32 Å². The minimum absolute atomic E-state index is 0.0639. The quantitative estimate of drug-likeness (QED) is 0.598. The van der Waals surface area contributed by atoms with Crippen molar-refractivity contribution in [3.63, 3.8) is 0 Å². The van der Waals surface area contributed by atoms with Gasteiger partial charge in [0.2, 0.25) is 0 Å². The Kier molecular flexibility index (Phi) is 5.07. The van der Waals surface area contributed by atoms with E-state index < -0.39 is 24.3 Å². The molecule has 1 aromatic carbocycles. The summed E-state index contributed by atoms with van der Waals surface area (Å²) in [5.41, 5.74) is 0.0835. The molecule has 1 aliphatic rings. The highest BCUT2D eigenvalue weighted by Crippen LogP contribution is 2.42. The molecule has 0 fully saturated rings. The highest BCUT2D eigenvalue weighted by molar-refractivity contribution is 6.34. The van der Waals surface area contributed by atoms with Crippen molar-refractivity contribution in [3.05, 3.63) is 46.2 Å². The summed E-state index contributed by atoms with van der Waals surface area (Å²) in [6.07, 6.45) is -4.98. The van der Waals surface area contributed by atoms with E-state index in [1.165, 1.54) is 31.2 Å². The molecule has 0 saturated carbocycles. The van der Waals surface area contributed by atoms with Gasteiger partial charge in [0.05, 0.1) is 5.56 Å². The van der Waals surface area contributed by atoms with Gasteiger partial charge >= 0.3 is 12.3 Å². The number of rotatable bonds is 4. The van der Waals surface area contributed by atoms with Crippen LogP contribution in [0, 0.1) is 0 Å². The highest BCUT2D eigenvalue weighted by Gasteiger charge is 2.43. The zero-order valence-electron chi connectivity index (χ0n) is 13.5. The van der Waals surface area contributed by atoms with Crippen LogP contribution in [0.3, 0.4) is 0 Å². The average molecular weight is 419 g/mol. The second kappa shape index (κ2) is 7.16. The molecular formula is C16H10Cl2F2N2O5. The maximum Gasteiger partial charge on any atom is 0.586 e. The van der Waals surface area contributed by atoms with Crippen LogP contribution in [0.4, 0.5) is 14.5 Å². The van der Waals surface area contributed by atoms with Gasteiger partial charge in [-0.1, -0.05) is 23.2 Å². The third-order valence-electron chi connectivity index (χ3n) is 3.36. The van der Waals surface area contributed by atoms with Gasteiger partial charge in [0.25, 0.3) is 5.91 Å². The van der Waals surface area contributed by atoms with Crippen LogP contribution in [0.5, 0.6) is 11.5 Å². The highest BCUT2D eigenvalue weighted by atomic mass is 35.5. The van der Waals surface area contributed by atoms with Gasteiger partial charge in [-0.15, -0.1) is 8.78 Å². The SMILES string of the molecule is C[C@H](OC(=O)c1ccc(Cl)nc1Cl)C(=O)Nc1ccc2c(c1)OC(F)(F)O2. The molecule has 1 N–H and O–H groups in total. The number of ether oxygens (including phenoxy) is 3. The molecule has 1 atom stereocenters. The van der Waals surface area contributed by atoms with E-state index in [1.54, 1.807) is 0 Å². The molecule has 1 aromatic heterocycles. The van der Waals surface area contributed by atoms with Crippen molar-refractivity contribution in [3.8, 4) is 11.5 Å². The van der Waals surface area contributed by atoms with E-state index in [9.17, 15) is 18.4 Å². The summed E-state index contributed by atoms with van der Waals surface area (Å²) in [5, 5.41) is 2.34. The van der Waals surface area contributed by atoms with Crippen molar-refractivity contribution in [1.29, 1.82) is 0 Å². The Bertz CT molecular complexity index is 926. The summed E-state index contributed by atoms with van der Waals surface area (Å²) in [4.78, 5) is 27.9. The van der Waals surface area contributed by atoms with Crippen molar-refractivity contribution < 1.29 is 32.6 Å². The standard InChI is InChI=1S/C16H10Cl2F2N2O5/c1-7(25-15(24)9-3-5-12(17)22-13(9)18)14(23)21-8-2-4-10-11(6-8)27-16(19,20)26-10/h2-7H,1H3,(H,21,23)/t7-/m0/s1. The topological polar surface area (TPSA) is 86.8 Å². The van der Waals surface area contributed by atoms with Crippen LogP contribution >= 0.6 is 23.2 Å². The maximum absolute atomic E-state index is 13.0. The van der Waals surface area contributed by atoms with E-state index in [0.717, 1.165) is 6.07 Å². The van der Waals surface area contributed by atoms with Gasteiger partial charge in [-0.05, 0) is 31.2 Å². The van der Waals surface area contributed by atoms with E-state index in [0.29, 0.717) is 0 Å². The molecule has 2 heterocycles. The first kappa shape index (κ1) is 19.1. The number of esters is 1. The Morgan fingerprint density at radius 1 is 1.19 bits per heavy atom. The molecule has 0 aliphatic carbocycles. The Balaban J connectivity index is 1.64. The molecule has 0 radical (unpaired) electrons. The van der Waals surface area contributed by atoms with Gasteiger partial charge in [0.1, 0.15) is 10.3 Å². The second-order valence-electron chi connectivity index (χ2n) is 5.34. The van der Waals surface area contributed by atoms with Crippen LogP contribution in [-0.4, -0.2) is 29.3 Å². The molecular weight excluding hydrogens is 409 g/mol. The summed E-state index contributed by atoms with van der Waals surface area (Å²) in [6, 6.07) is 6.35. The van der Waals surface area contributed by atoms with Crippen LogP contribution in [0.15, 0.2) is 30.3 Å². The van der Waals surface area contributed by atoms with E-state index in [1.807, 2.05) is 0 Å². The van der Waals surface area contributed by atoms with Crippen LogP contribution in [0.25, 0.3) is 0 Å². The third kappa shape index (κ3) is 4.37. The van der Waals surface area contributed by atoms with Crippen LogP contribution in [0.2, 0.25) is 10.3 Å². The lowest BCUT2D eigenvalue weighted by Gasteiger charge is -2.14. The number of hydrogen-bond donors (Lipinski definition) is 1. The van der Waals surface area contributed by atoms with Gasteiger partial charge in [0.15, 0.2) is 17.6 Å². The number of carbonyl (C=O) groups excluding carboxylic acids is 2. The van der Waals surface area contributed by atoms with Gasteiger partial charge in [0, 0.05) is 11.8 Å². The fourth-order valence-electron chi connectivity index (χ4n) is 2.11. The Labute approximate surface area is 161 Å². The van der Waals surface area contributed by atoms with Crippen molar-refractivity contribution in [1.82, 2.24) is 4.98 Å². The number of fused-ring (bicyclic) bond motifs is 1. The zero-order valence-corrected chi connectivity index (χ0v) is 15.0. The molecule has 0 spiro atoms.